The molecule has 2 nitrogen and oxygen atoms in total. The van der Waals surface area contributed by atoms with Gasteiger partial charge in [0.1, 0.15) is 0 Å². The van der Waals surface area contributed by atoms with Crippen LogP contribution in [0.5, 0.6) is 0 Å². The average molecular weight is 86.1 g/mol. The van der Waals surface area contributed by atoms with E-state index >= 15 is 0 Å². The molecule has 0 aromatic carbocycles. The lowest BCUT2D eigenvalue weighted by atomic mass is 10.4. The number of hydrogen-bond acceptors (Lipinski definition) is 2. The largest absolute Gasteiger partial charge is 0.323 e. The fraction of sp³-hybridized carbons (Fsp3) is 0.750. The van der Waals surface area contributed by atoms with Gasteiger partial charge in [-0.15, -0.1) is 0 Å². The zero-order chi connectivity index (χ0) is 4.99. The van der Waals surface area contributed by atoms with Gasteiger partial charge >= 0.3 is 0 Å². The Kier molecular flexibility index (Phi) is 2.67. The van der Waals surface area contributed by atoms with Crippen LogP contribution in [0, 0.1) is 0 Å². The monoisotopic (exact) mass is 86.1 g/mol. The van der Waals surface area contributed by atoms with Crippen molar-refractivity contribution in [2.24, 2.45) is 10.7 Å². The van der Waals surface area contributed by atoms with Crippen molar-refractivity contribution in [1.82, 2.24) is 0 Å². The predicted octanol–water partition coefficient (Wildman–Crippen LogP) is 0.0342. The normalized spacial score (nSPS) is 15.8. The van der Waals surface area contributed by atoms with Crippen molar-refractivity contribution in [3.63, 3.8) is 0 Å². The van der Waals surface area contributed by atoms with Crippen LogP contribution in [0.3, 0.4) is 0 Å². The third kappa shape index (κ3) is 3.63. The van der Waals surface area contributed by atoms with Crippen LogP contribution in [-0.2, 0) is 0 Å². The minimum Gasteiger partial charge on any atom is -0.323 e. The van der Waals surface area contributed by atoms with Gasteiger partial charge in [0, 0.05) is 19.3 Å². The minimum absolute atomic E-state index is 0.106. The van der Waals surface area contributed by atoms with Crippen molar-refractivity contribution in [1.29, 1.82) is 0 Å². The molecule has 0 rings (SSSR count). The number of nitrogens with two attached hydrogens (primary N) is 1. The second-order valence-corrected chi connectivity index (χ2v) is 1.27. The molecule has 0 spiro atoms. The molecule has 0 aliphatic heterocycles. The topological polar surface area (TPSA) is 38.4 Å². The lowest BCUT2D eigenvalue weighted by molar-refractivity contribution is 0.992. The number of aliphatic imine (C=N–C) groups is 1. The summed E-state index contributed by atoms with van der Waals surface area (Å²) in [6.45, 7) is 1.88. The first-order valence-corrected chi connectivity index (χ1v) is 1.95. The van der Waals surface area contributed by atoms with E-state index in [2.05, 4.69) is 4.99 Å². The van der Waals surface area contributed by atoms with Crippen LogP contribution >= 0.6 is 0 Å². The highest BCUT2D eigenvalue weighted by molar-refractivity contribution is 5.62. The average Bonchev–Trinajstić information content (AvgIpc) is 1.35. The summed E-state index contributed by atoms with van der Waals surface area (Å²) < 4.78 is 0. The van der Waals surface area contributed by atoms with Gasteiger partial charge in [-0.1, -0.05) is 0 Å². The Morgan fingerprint density at radius 2 is 2.33 bits per heavy atom. The van der Waals surface area contributed by atoms with Crippen molar-refractivity contribution in [3.05, 3.63) is 0 Å². The van der Waals surface area contributed by atoms with E-state index in [4.69, 9.17) is 5.73 Å². The first-order valence-electron chi connectivity index (χ1n) is 1.95. The highest BCUT2D eigenvalue weighted by atomic mass is 14.7. The molecule has 0 saturated heterocycles. The lowest BCUT2D eigenvalue weighted by Crippen LogP contribution is -2.15. The van der Waals surface area contributed by atoms with Gasteiger partial charge in [-0.2, -0.15) is 0 Å². The fourth-order valence-corrected chi connectivity index (χ4v) is 0.235. The number of nitrogens with zero attached hydrogens (tertiary/aromatic N) is 1. The van der Waals surface area contributed by atoms with Crippen LogP contribution in [0.4, 0.5) is 0 Å². The third-order valence-corrected chi connectivity index (χ3v) is 0.384. The molecule has 0 saturated carbocycles. The maximum atomic E-state index is 5.25. The van der Waals surface area contributed by atoms with Gasteiger partial charge in [0.25, 0.3) is 0 Å². The summed E-state index contributed by atoms with van der Waals surface area (Å²) in [6.07, 6.45) is 1.69. The molecule has 2 N–H and O–H groups in total. The van der Waals surface area contributed by atoms with Gasteiger partial charge in [0.2, 0.25) is 0 Å². The Bertz CT molecular complexity index is 47.5. The Labute approximate surface area is 38.1 Å². The van der Waals surface area contributed by atoms with E-state index in [1.807, 2.05) is 6.92 Å². The summed E-state index contributed by atoms with van der Waals surface area (Å²) in [4.78, 5) is 3.69. The first kappa shape index (κ1) is 5.63. The Hall–Kier alpha value is -0.370. The zero-order valence-electron chi connectivity index (χ0n) is 4.18. The highest BCUT2D eigenvalue weighted by Gasteiger charge is 1.77. The van der Waals surface area contributed by atoms with Gasteiger partial charge in [0.05, 0.1) is 0 Å². The van der Waals surface area contributed by atoms with Gasteiger partial charge in [0.15, 0.2) is 0 Å². The van der Waals surface area contributed by atoms with E-state index in [1.165, 1.54) is 0 Å². The van der Waals surface area contributed by atoms with Crippen LogP contribution in [0.1, 0.15) is 6.92 Å². The van der Waals surface area contributed by atoms with Gasteiger partial charge in [-0.25, -0.2) is 0 Å². The highest BCUT2D eigenvalue weighted by Crippen LogP contribution is 1.62. The van der Waals surface area contributed by atoms with Crippen LogP contribution in [-0.4, -0.2) is 19.3 Å². The molecule has 36 valence electrons. The molecule has 6 heavy (non-hydrogen) atoms. The molecule has 1 unspecified atom stereocenters. The third-order valence-electron chi connectivity index (χ3n) is 0.384. The summed E-state index contributed by atoms with van der Waals surface area (Å²) in [5.74, 6) is 0. The van der Waals surface area contributed by atoms with E-state index in [9.17, 15) is 0 Å². The van der Waals surface area contributed by atoms with Crippen molar-refractivity contribution in [3.8, 4) is 0 Å². The van der Waals surface area contributed by atoms with Crippen LogP contribution in [0.15, 0.2) is 4.99 Å². The lowest BCUT2D eigenvalue weighted by Gasteiger charge is -1.87. The second-order valence-electron chi connectivity index (χ2n) is 1.27. The number of rotatable bonds is 1. The molecular formula is C4H10N2. The molecule has 0 aromatic heterocycles. The van der Waals surface area contributed by atoms with Crippen molar-refractivity contribution in [2.75, 3.05) is 7.05 Å². The molecule has 0 aliphatic rings. The van der Waals surface area contributed by atoms with Gasteiger partial charge < -0.3 is 5.73 Å². The summed E-state index contributed by atoms with van der Waals surface area (Å²) in [5, 5.41) is 0. The zero-order valence-corrected chi connectivity index (χ0v) is 4.18. The van der Waals surface area contributed by atoms with Gasteiger partial charge in [-0.3, -0.25) is 4.99 Å². The van der Waals surface area contributed by atoms with Crippen molar-refractivity contribution < 1.29 is 0 Å². The maximum absolute atomic E-state index is 5.25. The molecule has 1 atom stereocenters. The van der Waals surface area contributed by atoms with Crippen LogP contribution in [0.2, 0.25) is 0 Å². The van der Waals surface area contributed by atoms with E-state index in [-0.39, 0.29) is 6.04 Å². The molecule has 0 fully saturated rings. The summed E-state index contributed by atoms with van der Waals surface area (Å²) in [6, 6.07) is 0.106. The Balaban J connectivity index is 3.03. The standard InChI is InChI=1S/C4H10N2/c1-4(5)3-6-2/h3-4H,5H2,1-2H3/b6-3-. The van der Waals surface area contributed by atoms with E-state index in [0.29, 0.717) is 0 Å². The molecular weight excluding hydrogens is 76.1 g/mol. The van der Waals surface area contributed by atoms with Gasteiger partial charge in [-0.05, 0) is 6.92 Å². The predicted molar refractivity (Wildman–Crippen MR) is 28.1 cm³/mol. The number of hydrogen-bond donors (Lipinski definition) is 1. The summed E-state index contributed by atoms with van der Waals surface area (Å²) in [5.41, 5.74) is 5.25. The molecule has 0 heterocycles. The molecule has 0 amide bonds. The fourth-order valence-electron chi connectivity index (χ4n) is 0.235. The molecule has 0 aromatic rings. The van der Waals surface area contributed by atoms with Crippen molar-refractivity contribution in [2.45, 2.75) is 13.0 Å². The first-order chi connectivity index (χ1) is 2.77. The van der Waals surface area contributed by atoms with Crippen LogP contribution in [0.25, 0.3) is 0 Å². The maximum Gasteiger partial charge on any atom is 0.0366 e. The Morgan fingerprint density at radius 3 is 2.33 bits per heavy atom. The van der Waals surface area contributed by atoms with Crippen molar-refractivity contribution >= 4 is 6.21 Å². The molecule has 0 aliphatic carbocycles. The molecule has 0 bridgehead atoms. The quantitative estimate of drug-likeness (QED) is 0.449. The smallest absolute Gasteiger partial charge is 0.0366 e. The minimum atomic E-state index is 0.106. The van der Waals surface area contributed by atoms with Crippen LogP contribution < -0.4 is 5.73 Å². The summed E-state index contributed by atoms with van der Waals surface area (Å²) in [7, 11) is 1.71. The summed E-state index contributed by atoms with van der Waals surface area (Å²) >= 11 is 0. The Morgan fingerprint density at radius 1 is 1.83 bits per heavy atom. The molecule has 0 radical (unpaired) electrons. The van der Waals surface area contributed by atoms with E-state index in [1.54, 1.807) is 13.3 Å². The SMILES string of the molecule is C/N=C\C(C)N. The van der Waals surface area contributed by atoms with E-state index < -0.39 is 0 Å². The van der Waals surface area contributed by atoms with E-state index in [0.717, 1.165) is 0 Å². The molecule has 2 heteroatoms. The second kappa shape index (κ2) is 2.85.